The number of nitrogens with one attached hydrogen (secondary N) is 1. The number of hydrogen-bond acceptors (Lipinski definition) is 5. The van der Waals surface area contributed by atoms with E-state index in [0.29, 0.717) is 19.4 Å². The number of carbonyl (C=O) groups is 2. The van der Waals surface area contributed by atoms with Crippen molar-refractivity contribution < 1.29 is 24.5 Å². The van der Waals surface area contributed by atoms with Gasteiger partial charge in [-0.05, 0) is 32.1 Å². The van der Waals surface area contributed by atoms with Crippen molar-refractivity contribution in [1.29, 1.82) is 0 Å². The summed E-state index contributed by atoms with van der Waals surface area (Å²) in [6, 6.07) is -0.627. The van der Waals surface area contributed by atoms with E-state index in [1.807, 2.05) is 6.08 Å². The number of amides is 1. The molecule has 3 N–H and O–H groups in total. The van der Waals surface area contributed by atoms with Crippen molar-refractivity contribution >= 4 is 11.9 Å². The van der Waals surface area contributed by atoms with Gasteiger partial charge in [-0.2, -0.15) is 0 Å². The molecule has 2 atom stereocenters. The lowest BCUT2D eigenvalue weighted by atomic mass is 10.0. The molecule has 0 heterocycles. The molecule has 73 heavy (non-hydrogen) atoms. The predicted molar refractivity (Wildman–Crippen MR) is 320 cm³/mol. The van der Waals surface area contributed by atoms with E-state index in [9.17, 15) is 19.8 Å². The number of ether oxygens (including phenoxy) is 1. The Labute approximate surface area is 457 Å². The quantitative estimate of drug-likeness (QED) is 0.0320. The highest BCUT2D eigenvalue weighted by atomic mass is 16.5. The minimum absolute atomic E-state index is 0.0155. The first-order chi connectivity index (χ1) is 36.0. The van der Waals surface area contributed by atoms with E-state index in [2.05, 4.69) is 19.2 Å². The molecule has 0 aliphatic rings. The van der Waals surface area contributed by atoms with Crippen LogP contribution in [-0.4, -0.2) is 47.4 Å². The number of esters is 1. The summed E-state index contributed by atoms with van der Waals surface area (Å²) in [4.78, 5) is 24.5. The molecule has 0 aromatic rings. The monoisotopic (exact) mass is 1030 g/mol. The summed E-state index contributed by atoms with van der Waals surface area (Å²) in [6.45, 7) is 4.94. The second-order valence-corrected chi connectivity index (χ2v) is 23.2. The molecule has 0 rings (SSSR count). The number of carbonyl (C=O) groups excluding carboxylic acids is 2. The van der Waals surface area contributed by atoms with Crippen molar-refractivity contribution in [3.05, 3.63) is 12.2 Å². The Balaban J connectivity index is 3.40. The van der Waals surface area contributed by atoms with Crippen molar-refractivity contribution in [2.75, 3.05) is 13.2 Å². The molecular formula is C67H131NO5. The molecule has 6 heteroatoms. The third kappa shape index (κ3) is 59.7. The molecule has 434 valence electrons. The zero-order valence-corrected chi connectivity index (χ0v) is 49.6. The first kappa shape index (κ1) is 71.6. The van der Waals surface area contributed by atoms with Gasteiger partial charge in [-0.1, -0.05) is 347 Å². The SMILES string of the molecule is CCCCCCCCCCCCCCCCCCCCC/C=C/C(O)C(CO)NC(=O)CCCCCCCCCCCCCCCCCCCCCCCCCOC(=O)CCCCCCCCCCCCCC. The number of unbranched alkanes of at least 4 members (excludes halogenated alkanes) is 52. The molecule has 0 aromatic heterocycles. The van der Waals surface area contributed by atoms with Crippen molar-refractivity contribution in [3.63, 3.8) is 0 Å². The molecule has 0 aliphatic carbocycles. The second kappa shape index (κ2) is 63.1. The molecule has 6 nitrogen and oxygen atoms in total. The van der Waals surface area contributed by atoms with E-state index in [1.165, 1.54) is 315 Å². The highest BCUT2D eigenvalue weighted by molar-refractivity contribution is 5.76. The van der Waals surface area contributed by atoms with Crippen molar-refractivity contribution in [2.45, 2.75) is 392 Å². The van der Waals surface area contributed by atoms with Crippen LogP contribution < -0.4 is 5.32 Å². The van der Waals surface area contributed by atoms with Crippen LogP contribution in [0.25, 0.3) is 0 Å². The van der Waals surface area contributed by atoms with Crippen LogP contribution in [0, 0.1) is 0 Å². The average Bonchev–Trinajstić information content (AvgIpc) is 3.39. The van der Waals surface area contributed by atoms with E-state index >= 15 is 0 Å². The van der Waals surface area contributed by atoms with Gasteiger partial charge in [0.2, 0.25) is 5.91 Å². The zero-order valence-electron chi connectivity index (χ0n) is 49.6. The largest absolute Gasteiger partial charge is 0.466 e. The lowest BCUT2D eigenvalue weighted by molar-refractivity contribution is -0.143. The van der Waals surface area contributed by atoms with Crippen LogP contribution in [0.1, 0.15) is 380 Å². The van der Waals surface area contributed by atoms with Crippen molar-refractivity contribution in [1.82, 2.24) is 5.32 Å². The summed E-state index contributed by atoms with van der Waals surface area (Å²) in [7, 11) is 0. The van der Waals surface area contributed by atoms with E-state index in [-0.39, 0.29) is 18.5 Å². The normalized spacial score (nSPS) is 12.5. The maximum absolute atomic E-state index is 12.5. The topological polar surface area (TPSA) is 95.9 Å². The Morgan fingerprint density at radius 3 is 0.932 bits per heavy atom. The number of hydrogen-bond donors (Lipinski definition) is 3. The molecule has 2 unspecified atom stereocenters. The van der Waals surface area contributed by atoms with Crippen LogP contribution in [0.2, 0.25) is 0 Å². The van der Waals surface area contributed by atoms with Gasteiger partial charge in [-0.15, -0.1) is 0 Å². The van der Waals surface area contributed by atoms with Crippen LogP contribution in [0.15, 0.2) is 12.2 Å². The Morgan fingerprint density at radius 1 is 0.370 bits per heavy atom. The third-order valence-corrected chi connectivity index (χ3v) is 15.8. The van der Waals surface area contributed by atoms with Crippen molar-refractivity contribution in [3.8, 4) is 0 Å². The lowest BCUT2D eigenvalue weighted by Gasteiger charge is -2.20. The molecular weight excluding hydrogens is 899 g/mol. The third-order valence-electron chi connectivity index (χ3n) is 15.8. The van der Waals surface area contributed by atoms with Gasteiger partial charge < -0.3 is 20.3 Å². The Morgan fingerprint density at radius 2 is 0.630 bits per heavy atom. The summed E-state index contributed by atoms with van der Waals surface area (Å²) in [5.41, 5.74) is 0. The van der Waals surface area contributed by atoms with Gasteiger partial charge in [0.15, 0.2) is 0 Å². The predicted octanol–water partition coefficient (Wildman–Crippen LogP) is 21.2. The minimum atomic E-state index is -0.844. The van der Waals surface area contributed by atoms with E-state index in [4.69, 9.17) is 4.74 Å². The molecule has 0 saturated heterocycles. The lowest BCUT2D eigenvalue weighted by Crippen LogP contribution is -2.45. The number of aliphatic hydroxyl groups is 2. The van der Waals surface area contributed by atoms with Crippen molar-refractivity contribution in [2.24, 2.45) is 0 Å². The molecule has 0 aromatic carbocycles. The van der Waals surface area contributed by atoms with Crippen LogP contribution in [-0.2, 0) is 14.3 Å². The fraction of sp³-hybridized carbons (Fsp3) is 0.940. The van der Waals surface area contributed by atoms with Crippen LogP contribution in [0.5, 0.6) is 0 Å². The standard InChI is InChI=1S/C67H131NO5/c1-3-5-7-9-11-13-15-17-18-19-20-24-27-30-33-36-39-43-47-51-55-59-65(70)64(63-69)68-66(71)60-56-52-48-44-40-37-34-31-28-25-22-21-23-26-29-32-35-38-42-46-50-54-58-62-73-67(72)61-57-53-49-45-41-16-14-12-10-8-6-4-2/h55,59,64-65,69-70H,3-54,56-58,60-63H2,1-2H3,(H,68,71)/b59-55+. The van der Waals surface area contributed by atoms with Crippen LogP contribution in [0.3, 0.4) is 0 Å². The highest BCUT2D eigenvalue weighted by Crippen LogP contribution is 2.19. The molecule has 0 aliphatic heterocycles. The highest BCUT2D eigenvalue weighted by Gasteiger charge is 2.18. The molecule has 0 radical (unpaired) electrons. The van der Waals surface area contributed by atoms with Crippen LogP contribution >= 0.6 is 0 Å². The smallest absolute Gasteiger partial charge is 0.305 e. The maximum atomic E-state index is 12.5. The van der Waals surface area contributed by atoms with E-state index in [0.717, 1.165) is 38.5 Å². The van der Waals surface area contributed by atoms with Gasteiger partial charge in [0.25, 0.3) is 0 Å². The van der Waals surface area contributed by atoms with E-state index < -0.39 is 12.1 Å². The number of aliphatic hydroxyl groups excluding tert-OH is 2. The first-order valence-corrected chi connectivity index (χ1v) is 33.5. The summed E-state index contributed by atoms with van der Waals surface area (Å²) in [5.74, 6) is -0.0477. The molecule has 0 saturated carbocycles. The molecule has 1 amide bonds. The zero-order chi connectivity index (χ0) is 52.9. The molecule has 0 bridgehead atoms. The summed E-state index contributed by atoms with van der Waals surface area (Å²) in [6.07, 6.45) is 77.0. The number of rotatable bonds is 63. The summed E-state index contributed by atoms with van der Waals surface area (Å²) in [5, 5.41) is 23.2. The van der Waals surface area contributed by atoms with Gasteiger partial charge in [-0.3, -0.25) is 9.59 Å². The maximum Gasteiger partial charge on any atom is 0.305 e. The Hall–Kier alpha value is -1.40. The van der Waals surface area contributed by atoms with Gasteiger partial charge in [0, 0.05) is 12.8 Å². The Kier molecular flexibility index (Phi) is 61.9. The molecule has 0 spiro atoms. The van der Waals surface area contributed by atoms with Gasteiger partial charge in [-0.25, -0.2) is 0 Å². The van der Waals surface area contributed by atoms with Gasteiger partial charge in [0.1, 0.15) is 0 Å². The fourth-order valence-electron chi connectivity index (χ4n) is 10.7. The summed E-state index contributed by atoms with van der Waals surface area (Å²) >= 11 is 0. The Bertz CT molecular complexity index is 1100. The van der Waals surface area contributed by atoms with Gasteiger partial charge in [0.05, 0.1) is 25.4 Å². The summed E-state index contributed by atoms with van der Waals surface area (Å²) < 4.78 is 5.48. The van der Waals surface area contributed by atoms with Crippen LogP contribution in [0.4, 0.5) is 0 Å². The molecule has 0 fully saturated rings. The first-order valence-electron chi connectivity index (χ1n) is 33.5. The minimum Gasteiger partial charge on any atom is -0.466 e. The average molecular weight is 1030 g/mol. The van der Waals surface area contributed by atoms with E-state index in [1.54, 1.807) is 6.08 Å². The van der Waals surface area contributed by atoms with Gasteiger partial charge >= 0.3 is 5.97 Å². The second-order valence-electron chi connectivity index (χ2n) is 23.2. The fourth-order valence-corrected chi connectivity index (χ4v) is 10.7. The number of allylic oxidation sites excluding steroid dienone is 1.